The van der Waals surface area contributed by atoms with Crippen molar-refractivity contribution in [1.82, 2.24) is 0 Å². The molecule has 0 aliphatic rings. The average molecular weight is 204 g/mol. The first kappa shape index (κ1) is 12.0. The third-order valence-corrected chi connectivity index (χ3v) is 2.81. The Hall–Kier alpha value is -1.11. The zero-order chi connectivity index (χ0) is 11.4. The van der Waals surface area contributed by atoms with Crippen molar-refractivity contribution in [1.29, 1.82) is 0 Å². The van der Waals surface area contributed by atoms with Crippen molar-refractivity contribution in [2.24, 2.45) is 5.92 Å². The van der Waals surface area contributed by atoms with Gasteiger partial charge in [0.1, 0.15) is 6.29 Å². The monoisotopic (exact) mass is 204 g/mol. The van der Waals surface area contributed by atoms with Crippen LogP contribution in [0.5, 0.6) is 0 Å². The molecule has 0 aromatic heterocycles. The van der Waals surface area contributed by atoms with Crippen LogP contribution in [0, 0.1) is 12.8 Å². The van der Waals surface area contributed by atoms with Crippen LogP contribution in [0.2, 0.25) is 0 Å². The summed E-state index contributed by atoms with van der Waals surface area (Å²) in [6.45, 7) is 8.48. The molecule has 0 spiro atoms. The van der Waals surface area contributed by atoms with Crippen molar-refractivity contribution in [3.05, 3.63) is 34.9 Å². The van der Waals surface area contributed by atoms with Gasteiger partial charge < -0.3 is 4.79 Å². The highest BCUT2D eigenvalue weighted by Gasteiger charge is 2.06. The van der Waals surface area contributed by atoms with Crippen molar-refractivity contribution in [2.45, 2.75) is 40.0 Å². The molecule has 1 atom stereocenters. The van der Waals surface area contributed by atoms with Crippen molar-refractivity contribution >= 4 is 6.29 Å². The highest BCUT2D eigenvalue weighted by atomic mass is 16.1. The van der Waals surface area contributed by atoms with E-state index in [4.69, 9.17) is 0 Å². The fourth-order valence-electron chi connectivity index (χ4n) is 1.70. The van der Waals surface area contributed by atoms with E-state index in [1.165, 1.54) is 16.7 Å². The predicted octanol–water partition coefficient (Wildman–Crippen LogP) is 3.50. The lowest BCUT2D eigenvalue weighted by atomic mass is 9.94. The van der Waals surface area contributed by atoms with E-state index in [0.29, 0.717) is 5.92 Å². The van der Waals surface area contributed by atoms with Gasteiger partial charge in [0.2, 0.25) is 0 Å². The lowest BCUT2D eigenvalue weighted by molar-refractivity contribution is -0.110. The Labute approximate surface area is 92.5 Å². The van der Waals surface area contributed by atoms with Crippen LogP contribution < -0.4 is 0 Å². The highest BCUT2D eigenvalue weighted by Crippen LogP contribution is 2.20. The van der Waals surface area contributed by atoms with E-state index < -0.39 is 0 Å². The van der Waals surface area contributed by atoms with Gasteiger partial charge in [0, 0.05) is 5.92 Å². The number of aryl methyl sites for hydroxylation is 1. The van der Waals surface area contributed by atoms with E-state index in [2.05, 4.69) is 39.0 Å². The predicted molar refractivity (Wildman–Crippen MR) is 64.2 cm³/mol. The second-order valence-corrected chi connectivity index (χ2v) is 4.66. The van der Waals surface area contributed by atoms with Gasteiger partial charge in [-0.25, -0.2) is 0 Å². The Bertz CT molecular complexity index is 339. The maximum absolute atomic E-state index is 10.6. The molecule has 1 rings (SSSR count). The Kier molecular flexibility index (Phi) is 4.07. The van der Waals surface area contributed by atoms with E-state index in [1.807, 2.05) is 6.92 Å². The molecule has 0 saturated heterocycles. The lowest BCUT2D eigenvalue weighted by Gasteiger charge is -2.11. The zero-order valence-corrected chi connectivity index (χ0v) is 10.1. The first-order chi connectivity index (χ1) is 7.04. The molecule has 82 valence electrons. The van der Waals surface area contributed by atoms with E-state index in [0.717, 1.165) is 12.7 Å². The molecule has 0 unspecified atom stereocenters. The summed E-state index contributed by atoms with van der Waals surface area (Å²) in [7, 11) is 0. The molecule has 15 heavy (non-hydrogen) atoms. The molecule has 0 radical (unpaired) electrons. The van der Waals surface area contributed by atoms with Gasteiger partial charge in [-0.1, -0.05) is 39.0 Å². The fourth-order valence-corrected chi connectivity index (χ4v) is 1.70. The van der Waals surface area contributed by atoms with Crippen LogP contribution in [0.3, 0.4) is 0 Å². The molecule has 0 aliphatic heterocycles. The number of aldehydes is 1. The van der Waals surface area contributed by atoms with Crippen LogP contribution in [-0.4, -0.2) is 6.29 Å². The molecule has 0 fully saturated rings. The normalized spacial score (nSPS) is 12.9. The van der Waals surface area contributed by atoms with Gasteiger partial charge in [0.15, 0.2) is 0 Å². The molecule has 0 saturated carbocycles. The van der Waals surface area contributed by atoms with Gasteiger partial charge in [-0.2, -0.15) is 0 Å². The van der Waals surface area contributed by atoms with Gasteiger partial charge in [-0.05, 0) is 36.0 Å². The molecule has 1 aromatic carbocycles. The largest absolute Gasteiger partial charge is 0.303 e. The first-order valence-electron chi connectivity index (χ1n) is 5.59. The number of rotatable bonds is 4. The Morgan fingerprint density at radius 1 is 1.27 bits per heavy atom. The summed E-state index contributed by atoms with van der Waals surface area (Å²) in [5, 5.41) is 0. The van der Waals surface area contributed by atoms with Crippen molar-refractivity contribution in [2.75, 3.05) is 0 Å². The number of hydrogen-bond donors (Lipinski definition) is 0. The average Bonchev–Trinajstić information content (AvgIpc) is 2.20. The third kappa shape index (κ3) is 3.19. The van der Waals surface area contributed by atoms with Crippen molar-refractivity contribution in [3.8, 4) is 0 Å². The second kappa shape index (κ2) is 5.11. The number of benzene rings is 1. The molecular weight excluding hydrogens is 184 g/mol. The van der Waals surface area contributed by atoms with Gasteiger partial charge >= 0.3 is 0 Å². The van der Waals surface area contributed by atoms with E-state index in [1.54, 1.807) is 0 Å². The molecule has 0 heterocycles. The molecular formula is C14H20O. The van der Waals surface area contributed by atoms with E-state index >= 15 is 0 Å². The number of carbonyl (C=O) groups is 1. The zero-order valence-electron chi connectivity index (χ0n) is 10.1. The Balaban J connectivity index is 2.88. The summed E-state index contributed by atoms with van der Waals surface area (Å²) in [6, 6.07) is 6.56. The smallest absolute Gasteiger partial charge is 0.123 e. The van der Waals surface area contributed by atoms with Crippen LogP contribution in [0.1, 0.15) is 43.4 Å². The standard InChI is InChI=1S/C14H20O/c1-10(2)13-5-6-14(12(4)8-13)7-11(3)9-15/h5-6,8-11H,7H2,1-4H3/t11-/m0/s1. The number of carbonyl (C=O) groups excluding carboxylic acids is 1. The van der Waals surface area contributed by atoms with E-state index in [9.17, 15) is 4.79 Å². The van der Waals surface area contributed by atoms with Gasteiger partial charge in [0.25, 0.3) is 0 Å². The molecule has 1 aromatic rings. The minimum absolute atomic E-state index is 0.119. The van der Waals surface area contributed by atoms with E-state index in [-0.39, 0.29) is 5.92 Å². The summed E-state index contributed by atoms with van der Waals surface area (Å²) in [5.41, 5.74) is 3.96. The topological polar surface area (TPSA) is 17.1 Å². The molecule has 0 amide bonds. The van der Waals surface area contributed by atoms with Crippen LogP contribution in [0.15, 0.2) is 18.2 Å². The highest BCUT2D eigenvalue weighted by molar-refractivity contribution is 5.54. The summed E-state index contributed by atoms with van der Waals surface area (Å²) in [4.78, 5) is 10.6. The van der Waals surface area contributed by atoms with Gasteiger partial charge in [-0.15, -0.1) is 0 Å². The quantitative estimate of drug-likeness (QED) is 0.686. The Morgan fingerprint density at radius 3 is 2.40 bits per heavy atom. The van der Waals surface area contributed by atoms with Crippen molar-refractivity contribution < 1.29 is 4.79 Å². The second-order valence-electron chi connectivity index (χ2n) is 4.66. The van der Waals surface area contributed by atoms with Crippen LogP contribution in [0.25, 0.3) is 0 Å². The molecule has 1 heteroatoms. The SMILES string of the molecule is Cc1cc(C(C)C)ccc1C[C@H](C)C=O. The minimum Gasteiger partial charge on any atom is -0.303 e. The lowest BCUT2D eigenvalue weighted by Crippen LogP contribution is -2.03. The van der Waals surface area contributed by atoms with Crippen molar-refractivity contribution in [3.63, 3.8) is 0 Å². The fraction of sp³-hybridized carbons (Fsp3) is 0.500. The molecule has 0 N–H and O–H groups in total. The first-order valence-corrected chi connectivity index (χ1v) is 5.59. The summed E-state index contributed by atoms with van der Waals surface area (Å²) < 4.78 is 0. The molecule has 0 bridgehead atoms. The molecule has 1 nitrogen and oxygen atoms in total. The van der Waals surface area contributed by atoms with Crippen LogP contribution >= 0.6 is 0 Å². The van der Waals surface area contributed by atoms with Crippen LogP contribution in [-0.2, 0) is 11.2 Å². The number of hydrogen-bond acceptors (Lipinski definition) is 1. The summed E-state index contributed by atoms with van der Waals surface area (Å²) in [6.07, 6.45) is 1.88. The maximum atomic E-state index is 10.6. The summed E-state index contributed by atoms with van der Waals surface area (Å²) in [5.74, 6) is 0.690. The third-order valence-electron chi connectivity index (χ3n) is 2.81. The van der Waals surface area contributed by atoms with Gasteiger partial charge in [0.05, 0.1) is 0 Å². The minimum atomic E-state index is 0.119. The Morgan fingerprint density at radius 2 is 1.93 bits per heavy atom. The van der Waals surface area contributed by atoms with Gasteiger partial charge in [-0.3, -0.25) is 0 Å². The van der Waals surface area contributed by atoms with Crippen LogP contribution in [0.4, 0.5) is 0 Å². The maximum Gasteiger partial charge on any atom is 0.123 e. The summed E-state index contributed by atoms with van der Waals surface area (Å²) >= 11 is 0. The molecule has 0 aliphatic carbocycles.